The van der Waals surface area contributed by atoms with Crippen LogP contribution in [0.1, 0.15) is 24.0 Å². The second kappa shape index (κ2) is 11.2. The van der Waals surface area contributed by atoms with Crippen LogP contribution in [0.5, 0.6) is 0 Å². The zero-order chi connectivity index (χ0) is 24.8. The first kappa shape index (κ1) is 24.5. The summed E-state index contributed by atoms with van der Waals surface area (Å²) in [5.41, 5.74) is 3.05. The van der Waals surface area contributed by atoms with Crippen molar-refractivity contribution in [1.29, 1.82) is 0 Å². The van der Waals surface area contributed by atoms with Crippen molar-refractivity contribution in [3.63, 3.8) is 0 Å². The fourth-order valence-corrected chi connectivity index (χ4v) is 4.57. The van der Waals surface area contributed by atoms with Crippen LogP contribution in [-0.2, 0) is 20.9 Å². The van der Waals surface area contributed by atoms with E-state index in [-0.39, 0.29) is 18.4 Å². The van der Waals surface area contributed by atoms with Crippen molar-refractivity contribution in [1.82, 2.24) is 5.32 Å². The SMILES string of the molecule is COC(=O)C1=C[C@H](c2ccccc2)[C@@H](C)[C@H](NC(=O)OCc2ccc(Br)cc2)N1c1ccccc1. The highest BCUT2D eigenvalue weighted by Crippen LogP contribution is 2.39. The van der Waals surface area contributed by atoms with E-state index in [0.29, 0.717) is 5.70 Å². The average Bonchev–Trinajstić information content (AvgIpc) is 2.90. The van der Waals surface area contributed by atoms with E-state index in [1.807, 2.05) is 95.9 Å². The Morgan fingerprint density at radius 1 is 0.943 bits per heavy atom. The van der Waals surface area contributed by atoms with E-state index in [0.717, 1.165) is 21.3 Å². The monoisotopic (exact) mass is 534 g/mol. The van der Waals surface area contributed by atoms with Gasteiger partial charge in [-0.3, -0.25) is 0 Å². The number of alkyl carbamates (subject to hydrolysis) is 1. The number of benzene rings is 3. The summed E-state index contributed by atoms with van der Waals surface area (Å²) in [6, 6.07) is 27.0. The summed E-state index contributed by atoms with van der Waals surface area (Å²) in [6.07, 6.45) is 0.798. The van der Waals surface area contributed by atoms with E-state index in [9.17, 15) is 9.59 Å². The van der Waals surface area contributed by atoms with Gasteiger partial charge in [0.25, 0.3) is 0 Å². The molecule has 0 bridgehead atoms. The Morgan fingerprint density at radius 3 is 2.20 bits per heavy atom. The number of ether oxygens (including phenoxy) is 2. The molecule has 7 heteroatoms. The van der Waals surface area contributed by atoms with Crippen LogP contribution in [-0.4, -0.2) is 25.3 Å². The first-order valence-corrected chi connectivity index (χ1v) is 12.1. The smallest absolute Gasteiger partial charge is 0.409 e. The number of amides is 1. The third kappa shape index (κ3) is 5.74. The van der Waals surface area contributed by atoms with Crippen LogP contribution in [0, 0.1) is 5.92 Å². The van der Waals surface area contributed by atoms with E-state index < -0.39 is 18.2 Å². The molecule has 0 aliphatic carbocycles. The number of para-hydroxylation sites is 1. The molecule has 1 aliphatic rings. The summed E-state index contributed by atoms with van der Waals surface area (Å²) in [4.78, 5) is 27.7. The van der Waals surface area contributed by atoms with Gasteiger partial charge in [0.1, 0.15) is 18.5 Å². The molecule has 35 heavy (non-hydrogen) atoms. The molecule has 1 heterocycles. The second-order valence-corrected chi connectivity index (χ2v) is 9.25. The molecule has 0 unspecified atom stereocenters. The third-order valence-electron chi connectivity index (χ3n) is 6.10. The normalized spacial score (nSPS) is 19.5. The van der Waals surface area contributed by atoms with Gasteiger partial charge in [0.15, 0.2) is 0 Å². The molecule has 3 atom stereocenters. The van der Waals surface area contributed by atoms with Crippen molar-refractivity contribution in [2.24, 2.45) is 5.92 Å². The van der Waals surface area contributed by atoms with Crippen molar-refractivity contribution in [2.45, 2.75) is 25.6 Å². The fourth-order valence-electron chi connectivity index (χ4n) is 4.31. The van der Waals surface area contributed by atoms with Crippen LogP contribution in [0.3, 0.4) is 0 Å². The zero-order valence-electron chi connectivity index (χ0n) is 19.6. The van der Waals surface area contributed by atoms with Crippen LogP contribution >= 0.6 is 15.9 Å². The number of carbonyl (C=O) groups excluding carboxylic acids is 2. The number of methoxy groups -OCH3 is 1. The summed E-state index contributed by atoms with van der Waals surface area (Å²) in [5, 5.41) is 3.01. The lowest BCUT2D eigenvalue weighted by Crippen LogP contribution is -2.56. The minimum Gasteiger partial charge on any atom is -0.464 e. The molecule has 1 aliphatic heterocycles. The molecular weight excluding hydrogens is 508 g/mol. The molecule has 0 fully saturated rings. The summed E-state index contributed by atoms with van der Waals surface area (Å²) >= 11 is 3.41. The molecule has 0 radical (unpaired) electrons. The van der Waals surface area contributed by atoms with Crippen molar-refractivity contribution < 1.29 is 19.1 Å². The number of nitrogens with zero attached hydrogens (tertiary/aromatic N) is 1. The molecule has 1 amide bonds. The Hall–Kier alpha value is -3.58. The van der Waals surface area contributed by atoms with Crippen LogP contribution in [0.25, 0.3) is 0 Å². The van der Waals surface area contributed by atoms with Gasteiger partial charge in [0, 0.05) is 22.0 Å². The molecule has 0 spiro atoms. The van der Waals surface area contributed by atoms with Crippen LogP contribution in [0.4, 0.5) is 10.5 Å². The van der Waals surface area contributed by atoms with Crippen LogP contribution in [0.15, 0.2) is 101 Å². The quantitative estimate of drug-likeness (QED) is 0.393. The number of esters is 1. The van der Waals surface area contributed by atoms with Crippen molar-refractivity contribution in [3.8, 4) is 0 Å². The summed E-state index contributed by atoms with van der Waals surface area (Å²) in [6.45, 7) is 2.19. The first-order valence-electron chi connectivity index (χ1n) is 11.3. The average molecular weight is 535 g/mol. The number of halogens is 1. The van der Waals surface area contributed by atoms with Gasteiger partial charge in [-0.2, -0.15) is 0 Å². The molecule has 0 saturated heterocycles. The third-order valence-corrected chi connectivity index (χ3v) is 6.63. The van der Waals surface area contributed by atoms with Crippen molar-refractivity contribution in [2.75, 3.05) is 12.0 Å². The first-order chi connectivity index (χ1) is 17.0. The van der Waals surface area contributed by atoms with E-state index >= 15 is 0 Å². The van der Waals surface area contributed by atoms with Gasteiger partial charge in [0.2, 0.25) is 0 Å². The maximum Gasteiger partial charge on any atom is 0.409 e. The number of anilines is 1. The lowest BCUT2D eigenvalue weighted by atomic mass is 9.81. The highest BCUT2D eigenvalue weighted by atomic mass is 79.9. The van der Waals surface area contributed by atoms with Gasteiger partial charge in [-0.1, -0.05) is 83.5 Å². The van der Waals surface area contributed by atoms with Crippen molar-refractivity contribution >= 4 is 33.7 Å². The molecule has 0 aromatic heterocycles. The molecule has 3 aromatic rings. The van der Waals surface area contributed by atoms with Gasteiger partial charge >= 0.3 is 12.1 Å². The molecule has 0 saturated carbocycles. The zero-order valence-corrected chi connectivity index (χ0v) is 21.1. The molecule has 1 N–H and O–H groups in total. The largest absolute Gasteiger partial charge is 0.464 e. The second-order valence-electron chi connectivity index (χ2n) is 8.34. The highest BCUT2D eigenvalue weighted by molar-refractivity contribution is 9.10. The number of carbonyl (C=O) groups is 2. The van der Waals surface area contributed by atoms with Crippen LogP contribution < -0.4 is 10.2 Å². The Bertz CT molecular complexity index is 1180. The van der Waals surface area contributed by atoms with Gasteiger partial charge < -0.3 is 19.7 Å². The van der Waals surface area contributed by atoms with Gasteiger partial charge in [0.05, 0.1) is 7.11 Å². The van der Waals surface area contributed by atoms with Crippen LogP contribution in [0.2, 0.25) is 0 Å². The van der Waals surface area contributed by atoms with E-state index in [4.69, 9.17) is 9.47 Å². The van der Waals surface area contributed by atoms with Gasteiger partial charge in [-0.25, -0.2) is 9.59 Å². The topological polar surface area (TPSA) is 67.9 Å². The lowest BCUT2D eigenvalue weighted by Gasteiger charge is -2.44. The number of hydrogen-bond donors (Lipinski definition) is 1. The number of rotatable bonds is 6. The minimum atomic E-state index is -0.566. The summed E-state index contributed by atoms with van der Waals surface area (Å²) in [7, 11) is 1.36. The molecule has 3 aromatic carbocycles. The minimum absolute atomic E-state index is 0.0914. The number of hydrogen-bond acceptors (Lipinski definition) is 5. The molecular formula is C28H27BrN2O4. The standard InChI is InChI=1S/C28H27BrN2O4/c1-19-24(21-9-5-3-6-10-21)17-25(27(32)34-2)31(23-11-7-4-8-12-23)26(19)30-28(33)35-18-20-13-15-22(29)16-14-20/h3-17,19,24,26H,18H2,1-2H3,(H,30,33)/t19-,24+,26-/m1/s1. The summed E-state index contributed by atoms with van der Waals surface area (Å²) < 4.78 is 11.6. The number of allylic oxidation sites excluding steroid dienone is 1. The Balaban J connectivity index is 1.67. The Kier molecular flexibility index (Phi) is 7.87. The predicted octanol–water partition coefficient (Wildman–Crippen LogP) is 6.00. The molecule has 4 rings (SSSR count). The Labute approximate surface area is 213 Å². The fraction of sp³-hybridized carbons (Fsp3) is 0.214. The predicted molar refractivity (Wildman–Crippen MR) is 139 cm³/mol. The Morgan fingerprint density at radius 2 is 1.57 bits per heavy atom. The number of nitrogens with one attached hydrogen (secondary N) is 1. The summed E-state index contributed by atoms with van der Waals surface area (Å²) in [5.74, 6) is -0.690. The molecule has 180 valence electrons. The van der Waals surface area contributed by atoms with E-state index in [2.05, 4.69) is 28.2 Å². The van der Waals surface area contributed by atoms with Gasteiger partial charge in [-0.15, -0.1) is 0 Å². The molecule has 6 nitrogen and oxygen atoms in total. The maximum absolute atomic E-state index is 13.0. The lowest BCUT2D eigenvalue weighted by molar-refractivity contribution is -0.136. The van der Waals surface area contributed by atoms with Crippen molar-refractivity contribution in [3.05, 3.63) is 112 Å². The highest BCUT2D eigenvalue weighted by Gasteiger charge is 2.40. The van der Waals surface area contributed by atoms with E-state index in [1.54, 1.807) is 0 Å². The maximum atomic E-state index is 13.0. The van der Waals surface area contributed by atoms with Gasteiger partial charge in [-0.05, 0) is 41.5 Å². The van der Waals surface area contributed by atoms with E-state index in [1.165, 1.54) is 7.11 Å².